The summed E-state index contributed by atoms with van der Waals surface area (Å²) in [4.78, 5) is 28.0. The second kappa shape index (κ2) is 6.63. The topological polar surface area (TPSA) is 96.6 Å². The van der Waals surface area contributed by atoms with Crippen LogP contribution in [0, 0.1) is 6.92 Å². The average molecular weight is 342 g/mol. The summed E-state index contributed by atoms with van der Waals surface area (Å²) in [6.45, 7) is 1.13. The third kappa shape index (κ3) is 3.18. The number of carboxylic acid groups (broad SMARTS) is 1. The van der Waals surface area contributed by atoms with Gasteiger partial charge in [0, 0.05) is 5.56 Å². The fourth-order valence-electron chi connectivity index (χ4n) is 2.12. The van der Waals surface area contributed by atoms with Gasteiger partial charge in [-0.05, 0) is 30.5 Å². The van der Waals surface area contributed by atoms with Crippen LogP contribution in [0.15, 0.2) is 45.6 Å². The van der Waals surface area contributed by atoms with Gasteiger partial charge in [0.15, 0.2) is 0 Å². The number of hydrogen-bond acceptors (Lipinski definition) is 7. The second-order valence-electron chi connectivity index (χ2n) is 4.86. The van der Waals surface area contributed by atoms with E-state index < -0.39 is 12.6 Å². The number of para-hydroxylation sites is 1. The van der Waals surface area contributed by atoms with Crippen molar-refractivity contribution in [2.24, 2.45) is 5.10 Å². The summed E-state index contributed by atoms with van der Waals surface area (Å²) in [7, 11) is 0. The number of aryl methyl sites for hydroxylation is 1. The predicted octanol–water partition coefficient (Wildman–Crippen LogP) is 0.777. The number of fused-ring (bicyclic) bond motifs is 1. The van der Waals surface area contributed by atoms with E-state index >= 15 is 0 Å². The first-order chi connectivity index (χ1) is 11.6. The van der Waals surface area contributed by atoms with Crippen molar-refractivity contribution >= 4 is 33.7 Å². The highest BCUT2D eigenvalue weighted by Crippen LogP contribution is 2.17. The molecule has 0 spiro atoms. The van der Waals surface area contributed by atoms with Gasteiger partial charge in [-0.25, -0.2) is 4.98 Å². The van der Waals surface area contributed by atoms with Gasteiger partial charge in [0.2, 0.25) is 0 Å². The molecule has 0 fully saturated rings. The van der Waals surface area contributed by atoms with Gasteiger partial charge in [-0.1, -0.05) is 12.1 Å². The Morgan fingerprint density at radius 2 is 2.21 bits per heavy atom. The van der Waals surface area contributed by atoms with Gasteiger partial charge in [-0.15, -0.1) is 11.3 Å². The summed E-state index contributed by atoms with van der Waals surface area (Å²) in [6.07, 6.45) is 1.43. The molecule has 0 radical (unpaired) electrons. The lowest BCUT2D eigenvalue weighted by atomic mass is 10.2. The number of aromatic nitrogens is 2. The maximum atomic E-state index is 12.4. The van der Waals surface area contributed by atoms with Crippen LogP contribution in [0.2, 0.25) is 0 Å². The molecule has 0 unspecified atom stereocenters. The second-order valence-corrected chi connectivity index (χ2v) is 5.75. The number of benzene rings is 1. The molecule has 0 aliphatic rings. The molecule has 0 atom stereocenters. The Labute approximate surface area is 140 Å². The van der Waals surface area contributed by atoms with Gasteiger partial charge >= 0.3 is 0 Å². The normalized spacial score (nSPS) is 11.2. The number of rotatable bonds is 5. The molecular formula is C16H12N3O4S-. The molecule has 0 amide bonds. The number of carbonyl (C=O) groups excluding carboxylic acids is 1. The number of nitrogens with zero attached hydrogens (tertiary/aromatic N) is 3. The van der Waals surface area contributed by atoms with Crippen LogP contribution < -0.4 is 15.4 Å². The Morgan fingerprint density at radius 1 is 1.42 bits per heavy atom. The molecule has 0 N–H and O–H groups in total. The van der Waals surface area contributed by atoms with Gasteiger partial charge in [-0.3, -0.25) is 4.79 Å². The SMILES string of the molecule is Cc1nc2sccc2c(=O)n1/N=C\c1ccccc1OCC(=O)[O-]. The van der Waals surface area contributed by atoms with Gasteiger partial charge in [0.1, 0.15) is 23.0 Å². The zero-order valence-corrected chi connectivity index (χ0v) is 13.4. The summed E-state index contributed by atoms with van der Waals surface area (Å²) >= 11 is 1.39. The average Bonchev–Trinajstić information content (AvgIpc) is 3.02. The Balaban J connectivity index is 1.97. The number of aliphatic carboxylic acids is 1. The number of thiophene rings is 1. The standard InChI is InChI=1S/C16H13N3O4S/c1-10-18-15-12(6-7-24-15)16(22)19(10)17-8-11-4-2-3-5-13(11)23-9-14(20)21/h2-8H,9H2,1H3,(H,20,21)/p-1/b17-8-. The predicted molar refractivity (Wildman–Crippen MR) is 88.6 cm³/mol. The maximum absolute atomic E-state index is 12.4. The molecular weight excluding hydrogens is 330 g/mol. The number of carbonyl (C=O) groups is 1. The van der Waals surface area contributed by atoms with E-state index in [1.165, 1.54) is 22.2 Å². The highest BCUT2D eigenvalue weighted by Gasteiger charge is 2.08. The summed E-state index contributed by atoms with van der Waals surface area (Å²) in [5, 5.41) is 17.0. The molecule has 0 saturated heterocycles. The molecule has 2 heterocycles. The zero-order chi connectivity index (χ0) is 17.1. The van der Waals surface area contributed by atoms with E-state index in [4.69, 9.17) is 4.74 Å². The lowest BCUT2D eigenvalue weighted by Crippen LogP contribution is -2.29. The van der Waals surface area contributed by atoms with Crippen molar-refractivity contribution in [3.05, 3.63) is 57.5 Å². The molecule has 8 heteroatoms. The first kappa shape index (κ1) is 15.9. The summed E-state index contributed by atoms with van der Waals surface area (Å²) in [5.74, 6) is -0.527. The molecule has 0 aliphatic heterocycles. The lowest BCUT2D eigenvalue weighted by molar-refractivity contribution is -0.307. The van der Waals surface area contributed by atoms with E-state index in [0.29, 0.717) is 27.4 Å². The Morgan fingerprint density at radius 3 is 3.00 bits per heavy atom. The van der Waals surface area contributed by atoms with Crippen molar-refractivity contribution in [1.29, 1.82) is 0 Å². The van der Waals surface area contributed by atoms with Gasteiger partial charge in [0.05, 0.1) is 17.6 Å². The zero-order valence-electron chi connectivity index (χ0n) is 12.6. The van der Waals surface area contributed by atoms with Crippen LogP contribution in [0.4, 0.5) is 0 Å². The molecule has 3 aromatic rings. The molecule has 3 rings (SSSR count). The molecule has 0 saturated carbocycles. The van der Waals surface area contributed by atoms with E-state index in [1.54, 1.807) is 42.6 Å². The number of carboxylic acids is 1. The minimum atomic E-state index is -1.32. The minimum absolute atomic E-state index is 0.261. The van der Waals surface area contributed by atoms with Crippen LogP contribution in [0.1, 0.15) is 11.4 Å². The van der Waals surface area contributed by atoms with E-state index in [2.05, 4.69) is 10.1 Å². The molecule has 1 aromatic carbocycles. The van der Waals surface area contributed by atoms with E-state index in [-0.39, 0.29) is 5.56 Å². The molecule has 0 bridgehead atoms. The smallest absolute Gasteiger partial charge is 0.282 e. The largest absolute Gasteiger partial charge is 0.546 e. The number of hydrogen-bond donors (Lipinski definition) is 0. The summed E-state index contributed by atoms with van der Waals surface area (Å²) in [5.41, 5.74) is 0.276. The van der Waals surface area contributed by atoms with Crippen LogP contribution >= 0.6 is 11.3 Å². The van der Waals surface area contributed by atoms with Gasteiger partial charge in [0.25, 0.3) is 5.56 Å². The monoisotopic (exact) mass is 342 g/mol. The van der Waals surface area contributed by atoms with Crippen LogP contribution in [0.3, 0.4) is 0 Å². The third-order valence-corrected chi connectivity index (χ3v) is 4.02. The van der Waals surface area contributed by atoms with Crippen LogP contribution in [0.5, 0.6) is 5.75 Å². The quantitative estimate of drug-likeness (QED) is 0.638. The van der Waals surface area contributed by atoms with Gasteiger partial charge < -0.3 is 14.6 Å². The summed E-state index contributed by atoms with van der Waals surface area (Å²) < 4.78 is 6.35. The van der Waals surface area contributed by atoms with Crippen molar-refractivity contribution in [3.63, 3.8) is 0 Å². The summed E-state index contributed by atoms with van der Waals surface area (Å²) in [6, 6.07) is 8.48. The Kier molecular flexibility index (Phi) is 4.39. The van der Waals surface area contributed by atoms with Crippen molar-refractivity contribution in [2.45, 2.75) is 6.92 Å². The molecule has 24 heavy (non-hydrogen) atoms. The lowest BCUT2D eigenvalue weighted by Gasteiger charge is -2.09. The van der Waals surface area contributed by atoms with Crippen molar-refractivity contribution in [2.75, 3.05) is 6.61 Å². The fraction of sp³-hybridized carbons (Fsp3) is 0.125. The fourth-order valence-corrected chi connectivity index (χ4v) is 2.92. The number of ether oxygens (including phenoxy) is 1. The third-order valence-electron chi connectivity index (χ3n) is 3.21. The minimum Gasteiger partial charge on any atom is -0.546 e. The highest BCUT2D eigenvalue weighted by molar-refractivity contribution is 7.16. The molecule has 0 aliphatic carbocycles. The van der Waals surface area contributed by atoms with E-state index in [1.807, 2.05) is 0 Å². The molecule has 122 valence electrons. The highest BCUT2D eigenvalue weighted by atomic mass is 32.1. The van der Waals surface area contributed by atoms with Crippen molar-refractivity contribution in [3.8, 4) is 5.75 Å². The van der Waals surface area contributed by atoms with Crippen molar-refractivity contribution < 1.29 is 14.6 Å². The van der Waals surface area contributed by atoms with Crippen LogP contribution in [-0.4, -0.2) is 28.5 Å². The maximum Gasteiger partial charge on any atom is 0.282 e. The molecule has 2 aromatic heterocycles. The van der Waals surface area contributed by atoms with Crippen LogP contribution in [-0.2, 0) is 4.79 Å². The Hall–Kier alpha value is -3.00. The van der Waals surface area contributed by atoms with Crippen molar-refractivity contribution in [1.82, 2.24) is 9.66 Å². The van der Waals surface area contributed by atoms with Gasteiger partial charge in [-0.2, -0.15) is 9.78 Å². The van der Waals surface area contributed by atoms with Crippen LogP contribution in [0.25, 0.3) is 10.2 Å². The first-order valence-corrected chi connectivity index (χ1v) is 7.87. The van der Waals surface area contributed by atoms with E-state index in [0.717, 1.165) is 0 Å². The Bertz CT molecular complexity index is 990. The van der Waals surface area contributed by atoms with E-state index in [9.17, 15) is 14.7 Å². The first-order valence-electron chi connectivity index (χ1n) is 6.99. The molecule has 7 nitrogen and oxygen atoms in total.